The Balaban J connectivity index is 1.40. The number of urea groups is 1. The average Bonchev–Trinajstić information content (AvgIpc) is 3.16. The molecule has 1 aromatic heterocycles. The van der Waals surface area contributed by atoms with Crippen LogP contribution in [0.4, 0.5) is 31.2 Å². The molecule has 2 aromatic rings. The van der Waals surface area contributed by atoms with E-state index in [0.717, 1.165) is 0 Å². The Morgan fingerprint density at radius 3 is 2.80 bits per heavy atom. The molecule has 0 bridgehead atoms. The fourth-order valence-electron chi connectivity index (χ4n) is 3.48. The normalized spacial score (nSPS) is 19.6. The quantitative estimate of drug-likeness (QED) is 0.789. The van der Waals surface area contributed by atoms with Gasteiger partial charge < -0.3 is 14.2 Å². The van der Waals surface area contributed by atoms with Gasteiger partial charge in [-0.1, -0.05) is 5.16 Å². The average molecular weight is 418 g/mol. The lowest BCUT2D eigenvalue weighted by atomic mass is 10.2. The minimum absolute atomic E-state index is 0.227. The number of hydrogen-bond acceptors (Lipinski definition) is 7. The van der Waals surface area contributed by atoms with E-state index in [9.17, 15) is 14.0 Å². The van der Waals surface area contributed by atoms with Gasteiger partial charge in [0.25, 0.3) is 0 Å². The molecule has 0 spiro atoms. The number of nitrogens with zero attached hydrogens (tertiary/aromatic N) is 4. The zero-order valence-corrected chi connectivity index (χ0v) is 16.7. The Labute approximate surface area is 172 Å². The van der Waals surface area contributed by atoms with Crippen LogP contribution in [0.2, 0.25) is 0 Å². The summed E-state index contributed by atoms with van der Waals surface area (Å²) in [6.45, 7) is 5.63. The Kier molecular flexibility index (Phi) is 5.44. The van der Waals surface area contributed by atoms with Gasteiger partial charge in [-0.25, -0.2) is 19.4 Å². The molecular formula is C19H23FN6O4. The maximum atomic E-state index is 14.8. The molecule has 2 fully saturated rings. The van der Waals surface area contributed by atoms with Crippen LogP contribution in [0.1, 0.15) is 12.7 Å². The molecule has 10 nitrogen and oxygen atoms in total. The van der Waals surface area contributed by atoms with Crippen LogP contribution < -0.4 is 20.5 Å². The van der Waals surface area contributed by atoms with Crippen LogP contribution in [0.5, 0.6) is 0 Å². The lowest BCUT2D eigenvalue weighted by Crippen LogP contribution is -2.46. The first-order chi connectivity index (χ1) is 14.4. The van der Waals surface area contributed by atoms with E-state index in [1.54, 1.807) is 32.0 Å². The number of anilines is 3. The minimum atomic E-state index is -0.474. The van der Waals surface area contributed by atoms with Crippen molar-refractivity contribution in [2.24, 2.45) is 0 Å². The summed E-state index contributed by atoms with van der Waals surface area (Å²) in [4.78, 5) is 27.6. The van der Waals surface area contributed by atoms with Gasteiger partial charge in [-0.2, -0.15) is 0 Å². The number of aromatic nitrogens is 1. The highest BCUT2D eigenvalue weighted by molar-refractivity contribution is 5.90. The predicted octanol–water partition coefficient (Wildman–Crippen LogP) is 2.33. The molecule has 0 unspecified atom stereocenters. The molecule has 1 atom stereocenters. The van der Waals surface area contributed by atoms with Crippen LogP contribution in [0.25, 0.3) is 0 Å². The fourth-order valence-corrected chi connectivity index (χ4v) is 3.48. The third-order valence-corrected chi connectivity index (χ3v) is 4.93. The lowest BCUT2D eigenvalue weighted by molar-refractivity contribution is 0.150. The van der Waals surface area contributed by atoms with E-state index in [1.165, 1.54) is 16.0 Å². The summed E-state index contributed by atoms with van der Waals surface area (Å²) in [5, 5.41) is 7.82. The molecule has 160 valence electrons. The van der Waals surface area contributed by atoms with Crippen LogP contribution in [0.15, 0.2) is 28.8 Å². The molecule has 1 aromatic carbocycles. The maximum absolute atomic E-state index is 14.8. The monoisotopic (exact) mass is 418 g/mol. The third-order valence-electron chi connectivity index (χ3n) is 4.93. The second-order valence-corrected chi connectivity index (χ2v) is 7.24. The Hall–Kier alpha value is -3.34. The smallest absolute Gasteiger partial charge is 0.414 e. The van der Waals surface area contributed by atoms with Crippen molar-refractivity contribution in [2.45, 2.75) is 20.0 Å². The minimum Gasteiger partial charge on any atom is -0.444 e. The van der Waals surface area contributed by atoms with Gasteiger partial charge in [0.1, 0.15) is 17.7 Å². The lowest BCUT2D eigenvalue weighted by Gasteiger charge is -2.24. The van der Waals surface area contributed by atoms with E-state index in [0.29, 0.717) is 55.7 Å². The van der Waals surface area contributed by atoms with Gasteiger partial charge in [-0.3, -0.25) is 15.2 Å². The van der Waals surface area contributed by atoms with E-state index in [2.05, 4.69) is 15.9 Å². The summed E-state index contributed by atoms with van der Waals surface area (Å²) in [6, 6.07) is 5.94. The number of amides is 3. The molecular weight excluding hydrogens is 395 g/mol. The highest BCUT2D eigenvalue weighted by Gasteiger charge is 2.30. The number of nitrogens with one attached hydrogen (secondary N) is 2. The summed E-state index contributed by atoms with van der Waals surface area (Å²) >= 11 is 0. The van der Waals surface area contributed by atoms with Crippen LogP contribution in [-0.4, -0.2) is 61.1 Å². The maximum Gasteiger partial charge on any atom is 0.414 e. The van der Waals surface area contributed by atoms with Gasteiger partial charge in [0, 0.05) is 25.7 Å². The summed E-state index contributed by atoms with van der Waals surface area (Å²) in [5.41, 5.74) is 3.90. The van der Waals surface area contributed by atoms with Gasteiger partial charge in [-0.15, -0.1) is 0 Å². The molecule has 3 amide bonds. The first-order valence-electron chi connectivity index (χ1n) is 9.68. The van der Waals surface area contributed by atoms with E-state index < -0.39 is 11.9 Å². The summed E-state index contributed by atoms with van der Waals surface area (Å²) < 4.78 is 24.9. The van der Waals surface area contributed by atoms with Crippen molar-refractivity contribution in [2.75, 3.05) is 47.8 Å². The van der Waals surface area contributed by atoms with Crippen LogP contribution in [-0.2, 0) is 4.74 Å². The molecule has 0 saturated carbocycles. The summed E-state index contributed by atoms with van der Waals surface area (Å²) in [7, 11) is 0. The summed E-state index contributed by atoms with van der Waals surface area (Å²) in [6.07, 6.45) is -0.701. The van der Waals surface area contributed by atoms with E-state index in [4.69, 9.17) is 9.26 Å². The summed E-state index contributed by atoms with van der Waals surface area (Å²) in [5.74, 6) is 0.489. The molecule has 11 heteroatoms. The number of carbonyl (C=O) groups excluding carboxylic acids is 2. The third kappa shape index (κ3) is 4.15. The molecule has 3 heterocycles. The van der Waals surface area contributed by atoms with Gasteiger partial charge >= 0.3 is 12.1 Å². The van der Waals surface area contributed by atoms with Crippen molar-refractivity contribution in [3.8, 4) is 0 Å². The van der Waals surface area contributed by atoms with Gasteiger partial charge in [0.15, 0.2) is 5.82 Å². The number of carbonyl (C=O) groups is 2. The van der Waals surface area contributed by atoms with Gasteiger partial charge in [0.2, 0.25) is 0 Å². The number of halogens is 1. The first kappa shape index (κ1) is 20.0. The van der Waals surface area contributed by atoms with Crippen molar-refractivity contribution in [3.63, 3.8) is 0 Å². The van der Waals surface area contributed by atoms with Crippen molar-refractivity contribution >= 4 is 29.3 Å². The Morgan fingerprint density at radius 1 is 1.30 bits per heavy atom. The zero-order chi connectivity index (χ0) is 21.3. The molecule has 2 aliphatic heterocycles. The van der Waals surface area contributed by atoms with E-state index in [1.807, 2.05) is 4.90 Å². The fraction of sp³-hybridized carbons (Fsp3) is 0.421. The van der Waals surface area contributed by atoms with E-state index in [-0.39, 0.29) is 12.1 Å². The number of benzene rings is 1. The second-order valence-electron chi connectivity index (χ2n) is 7.24. The molecule has 2 N–H and O–H groups in total. The Morgan fingerprint density at radius 2 is 2.13 bits per heavy atom. The standard InChI is InChI=1S/C19H23FN6O4/c1-12-9-17(23-30-12)22-18(27)26-8-7-24(6-5-21-26)16-4-3-14(10-15(16)20)25-11-13(2)29-19(25)28/h3-4,9-10,13,21H,5-8,11H2,1-2H3,(H,22,23,27)/t13-/m0/s1. The SMILES string of the molecule is Cc1cc(NC(=O)N2CCN(c3ccc(N4C[C@H](C)OC4=O)cc3F)CCN2)no1. The molecule has 30 heavy (non-hydrogen) atoms. The van der Waals surface area contributed by atoms with Crippen LogP contribution in [0, 0.1) is 12.7 Å². The van der Waals surface area contributed by atoms with Gasteiger partial charge in [-0.05, 0) is 32.0 Å². The first-order valence-corrected chi connectivity index (χ1v) is 9.68. The molecule has 2 saturated heterocycles. The van der Waals surface area contributed by atoms with Crippen molar-refractivity contribution < 1.29 is 23.2 Å². The predicted molar refractivity (Wildman–Crippen MR) is 107 cm³/mol. The van der Waals surface area contributed by atoms with Crippen LogP contribution in [0.3, 0.4) is 0 Å². The highest BCUT2D eigenvalue weighted by atomic mass is 19.1. The number of hydrazine groups is 1. The number of hydrogen-bond donors (Lipinski definition) is 2. The number of aryl methyl sites for hydroxylation is 1. The highest BCUT2D eigenvalue weighted by Crippen LogP contribution is 2.28. The molecule has 2 aliphatic rings. The largest absolute Gasteiger partial charge is 0.444 e. The van der Waals surface area contributed by atoms with Crippen molar-refractivity contribution in [1.29, 1.82) is 0 Å². The topological polar surface area (TPSA) is 103 Å². The van der Waals surface area contributed by atoms with Gasteiger partial charge in [0.05, 0.1) is 24.5 Å². The zero-order valence-electron chi connectivity index (χ0n) is 16.7. The van der Waals surface area contributed by atoms with Crippen molar-refractivity contribution in [1.82, 2.24) is 15.6 Å². The van der Waals surface area contributed by atoms with Crippen LogP contribution >= 0.6 is 0 Å². The second kappa shape index (κ2) is 8.19. The number of cyclic esters (lactones) is 1. The molecule has 0 aliphatic carbocycles. The Bertz CT molecular complexity index is 951. The van der Waals surface area contributed by atoms with Crippen molar-refractivity contribution in [3.05, 3.63) is 35.8 Å². The molecule has 4 rings (SSSR count). The number of ether oxygens (including phenoxy) is 1. The van der Waals surface area contributed by atoms with E-state index >= 15 is 0 Å². The number of rotatable bonds is 3. The molecule has 0 radical (unpaired) electrons.